The Kier molecular flexibility index (Phi) is 12.7. The molecule has 4 fully saturated rings. The van der Waals surface area contributed by atoms with Crippen LogP contribution in [0.15, 0.2) is 91.4 Å². The minimum Gasteiger partial charge on any atom is -0.451 e. The van der Waals surface area contributed by atoms with Crippen molar-refractivity contribution >= 4 is 46.7 Å². The van der Waals surface area contributed by atoms with Gasteiger partial charge < -0.3 is 45.5 Å². The van der Waals surface area contributed by atoms with E-state index >= 15 is 0 Å². The standard InChI is InChI=1S/C46H52F3N11O5/c47-46(48,49)43(63)65-39-34(55-42(62)30-14-9-15-30)24-35(38(39)61)60-27-52-37-40(51-25-33(28-10-3-1-4-11-28)29-12-5-2-6-13-29)56-44(57-41(37)60)53-32-19-23-59(26-32)45(64)54-31-17-21-58(22-18-31)36-16-7-8-20-50-36/h1-8,10-13,16,20,27,30-35,38-39,61H,9,14-15,17-19,21-26H2,(H,54,64)(H,55,62)(H2,51,53,56,57)/t32-,34+,35-,38+,39-/m1/s1. The summed E-state index contributed by atoms with van der Waals surface area (Å²) in [6.45, 7) is 2.83. The lowest BCUT2D eigenvalue weighted by Gasteiger charge is -2.33. The second kappa shape index (κ2) is 18.9. The number of hydrogen-bond donors (Lipinski definition) is 5. The van der Waals surface area contributed by atoms with Crippen LogP contribution in [0.4, 0.5) is 35.5 Å². The maximum atomic E-state index is 13.5. The molecular weight excluding hydrogens is 844 g/mol. The number of carbonyl (C=O) groups excluding carboxylic acids is 3. The molecule has 3 amide bonds. The molecule has 2 saturated heterocycles. The van der Waals surface area contributed by atoms with Crippen LogP contribution in [0.1, 0.15) is 68.0 Å². The number of alkyl halides is 3. The number of amides is 3. The molecule has 2 aliphatic heterocycles. The highest BCUT2D eigenvalue weighted by atomic mass is 19.4. The Morgan fingerprint density at radius 1 is 0.831 bits per heavy atom. The minimum absolute atomic E-state index is 0.0263. The normalized spacial score (nSPS) is 22.8. The van der Waals surface area contributed by atoms with Gasteiger partial charge in [0.2, 0.25) is 11.9 Å². The number of piperidine rings is 1. The summed E-state index contributed by atoms with van der Waals surface area (Å²) in [5.41, 5.74) is 2.70. The number of imidazole rings is 1. The largest absolute Gasteiger partial charge is 0.490 e. The van der Waals surface area contributed by atoms with Gasteiger partial charge in [-0.15, -0.1) is 0 Å². The fourth-order valence-electron chi connectivity index (χ4n) is 9.37. The number of carbonyl (C=O) groups is 3. The van der Waals surface area contributed by atoms with Crippen LogP contribution in [0, 0.1) is 5.92 Å². The molecule has 0 bridgehead atoms. The van der Waals surface area contributed by atoms with E-state index in [1.54, 1.807) is 15.7 Å². The van der Waals surface area contributed by atoms with Crippen LogP contribution < -0.4 is 26.2 Å². The molecule has 16 nitrogen and oxygen atoms in total. The van der Waals surface area contributed by atoms with Gasteiger partial charge in [0.25, 0.3) is 0 Å². The lowest BCUT2D eigenvalue weighted by Crippen LogP contribution is -2.49. The predicted octanol–water partition coefficient (Wildman–Crippen LogP) is 5.39. The van der Waals surface area contributed by atoms with E-state index in [1.165, 1.54) is 6.33 Å². The summed E-state index contributed by atoms with van der Waals surface area (Å²) < 4.78 is 47.0. The van der Waals surface area contributed by atoms with Crippen LogP contribution in [0.3, 0.4) is 0 Å². The Labute approximate surface area is 373 Å². The van der Waals surface area contributed by atoms with Crippen molar-refractivity contribution in [1.82, 2.24) is 40.0 Å². The molecule has 65 heavy (non-hydrogen) atoms. The number of halogens is 3. The van der Waals surface area contributed by atoms with Gasteiger partial charge in [-0.05, 0) is 61.8 Å². The van der Waals surface area contributed by atoms with E-state index < -0.39 is 36.4 Å². The summed E-state index contributed by atoms with van der Waals surface area (Å²) in [5, 5.41) is 24.6. The number of ether oxygens (including phenoxy) is 1. The zero-order valence-corrected chi connectivity index (χ0v) is 35.6. The summed E-state index contributed by atoms with van der Waals surface area (Å²) >= 11 is 0. The first-order valence-electron chi connectivity index (χ1n) is 22.3. The third-order valence-electron chi connectivity index (χ3n) is 13.2. The molecule has 5 atom stereocenters. The summed E-state index contributed by atoms with van der Waals surface area (Å²) in [4.78, 5) is 61.6. The third-order valence-corrected chi connectivity index (χ3v) is 13.2. The van der Waals surface area contributed by atoms with Gasteiger partial charge in [-0.1, -0.05) is 73.2 Å². The number of aromatic nitrogens is 5. The number of hydrogen-bond acceptors (Lipinski definition) is 12. The zero-order valence-electron chi connectivity index (χ0n) is 35.6. The molecule has 2 saturated carbocycles. The quantitative estimate of drug-likeness (QED) is 0.0949. The van der Waals surface area contributed by atoms with Gasteiger partial charge in [0, 0.05) is 62.8 Å². The number of benzene rings is 2. The molecule has 342 valence electrons. The average molecular weight is 896 g/mol. The lowest BCUT2D eigenvalue weighted by atomic mass is 9.84. The van der Waals surface area contributed by atoms with Gasteiger partial charge in [0.1, 0.15) is 11.9 Å². The van der Waals surface area contributed by atoms with Gasteiger partial charge >= 0.3 is 18.2 Å². The van der Waals surface area contributed by atoms with Crippen LogP contribution >= 0.6 is 0 Å². The molecule has 5 heterocycles. The highest BCUT2D eigenvalue weighted by molar-refractivity contribution is 5.85. The van der Waals surface area contributed by atoms with E-state index in [0.29, 0.717) is 50.2 Å². The molecule has 0 spiro atoms. The summed E-state index contributed by atoms with van der Waals surface area (Å²) in [6, 6.07) is 23.4. The molecule has 5 aromatic rings. The molecule has 5 N–H and O–H groups in total. The van der Waals surface area contributed by atoms with E-state index in [9.17, 15) is 32.7 Å². The smallest absolute Gasteiger partial charge is 0.451 e. The first-order valence-corrected chi connectivity index (χ1v) is 22.3. The van der Waals surface area contributed by atoms with Crippen molar-refractivity contribution in [2.75, 3.05) is 48.3 Å². The Bertz CT molecular complexity index is 2400. The number of pyridine rings is 1. The highest BCUT2D eigenvalue weighted by Crippen LogP contribution is 2.38. The van der Waals surface area contributed by atoms with E-state index in [-0.39, 0.29) is 53.9 Å². The molecular formula is C46H52F3N11O5. The van der Waals surface area contributed by atoms with Crippen molar-refractivity contribution in [3.05, 3.63) is 103 Å². The zero-order chi connectivity index (χ0) is 45.1. The summed E-state index contributed by atoms with van der Waals surface area (Å²) in [6.07, 6.45) is -1.24. The Hall–Kier alpha value is -6.50. The maximum absolute atomic E-state index is 13.5. The monoisotopic (exact) mass is 895 g/mol. The Morgan fingerprint density at radius 3 is 2.17 bits per heavy atom. The number of esters is 1. The number of nitrogens with zero attached hydrogens (tertiary/aromatic N) is 7. The third kappa shape index (κ3) is 9.79. The van der Waals surface area contributed by atoms with Crippen molar-refractivity contribution in [3.63, 3.8) is 0 Å². The van der Waals surface area contributed by atoms with E-state index in [2.05, 4.69) is 36.1 Å². The minimum atomic E-state index is -5.32. The molecule has 4 aliphatic rings. The number of rotatable bonds is 13. The number of urea groups is 1. The topological polar surface area (TPSA) is 192 Å². The van der Waals surface area contributed by atoms with Gasteiger partial charge in [0.15, 0.2) is 23.1 Å². The molecule has 3 aromatic heterocycles. The van der Waals surface area contributed by atoms with E-state index in [0.717, 1.165) is 49.3 Å². The Balaban J connectivity index is 0.965. The van der Waals surface area contributed by atoms with Gasteiger partial charge in [-0.25, -0.2) is 19.6 Å². The molecule has 19 heteroatoms. The number of aliphatic hydroxyl groups is 1. The van der Waals surface area contributed by atoms with Crippen molar-refractivity contribution in [1.29, 1.82) is 0 Å². The van der Waals surface area contributed by atoms with E-state index in [1.807, 2.05) is 78.9 Å². The van der Waals surface area contributed by atoms with Crippen molar-refractivity contribution in [3.8, 4) is 0 Å². The molecule has 2 aliphatic carbocycles. The second-order valence-corrected chi connectivity index (χ2v) is 17.4. The van der Waals surface area contributed by atoms with Crippen molar-refractivity contribution in [2.45, 2.75) is 93.4 Å². The molecule has 0 radical (unpaired) electrons. The number of nitrogens with one attached hydrogen (secondary N) is 4. The predicted molar refractivity (Wildman–Crippen MR) is 235 cm³/mol. The first-order chi connectivity index (χ1) is 31.5. The number of aliphatic hydroxyl groups excluding tert-OH is 1. The number of anilines is 3. The van der Waals surface area contributed by atoms with Gasteiger partial charge in [-0.3, -0.25) is 4.79 Å². The first kappa shape index (κ1) is 43.7. The maximum Gasteiger partial charge on any atom is 0.490 e. The summed E-state index contributed by atoms with van der Waals surface area (Å²) in [5.74, 6) is -1.75. The molecule has 2 aromatic carbocycles. The highest BCUT2D eigenvalue weighted by Gasteiger charge is 2.51. The lowest BCUT2D eigenvalue weighted by molar-refractivity contribution is -0.209. The summed E-state index contributed by atoms with van der Waals surface area (Å²) in [7, 11) is 0. The molecule has 9 rings (SSSR count). The van der Waals surface area contributed by atoms with Crippen molar-refractivity contribution < 1.29 is 37.4 Å². The molecule has 0 unspecified atom stereocenters. The SMILES string of the molecule is O=C(N[C@H]1C[C@@H](n2cnc3c(NCC(c4ccccc4)c4ccccc4)nc(N[C@@H]4CCN(C(=O)NC5CCN(c6ccccn6)CC5)C4)nc32)[C@H](O)[C@@H]1OC(=O)C(F)(F)F)C1CCC1. The Morgan fingerprint density at radius 2 is 1.52 bits per heavy atom. The fraction of sp³-hybridized carbons (Fsp3) is 0.457. The van der Waals surface area contributed by atoms with Gasteiger partial charge in [-0.2, -0.15) is 23.1 Å². The van der Waals surface area contributed by atoms with Crippen LogP contribution in [0.25, 0.3) is 11.2 Å². The van der Waals surface area contributed by atoms with Crippen LogP contribution in [0.2, 0.25) is 0 Å². The van der Waals surface area contributed by atoms with E-state index in [4.69, 9.17) is 14.7 Å². The van der Waals surface area contributed by atoms with Crippen LogP contribution in [-0.2, 0) is 14.3 Å². The average Bonchev–Trinajstić information content (AvgIpc) is 4.02. The van der Waals surface area contributed by atoms with Crippen molar-refractivity contribution in [2.24, 2.45) is 5.92 Å². The second-order valence-electron chi connectivity index (χ2n) is 17.4. The number of fused-ring (bicyclic) bond motifs is 1. The number of likely N-dealkylation sites (tertiary alicyclic amines) is 1. The fourth-order valence-corrected chi connectivity index (χ4v) is 9.37. The van der Waals surface area contributed by atoms with Crippen LogP contribution in [-0.4, -0.2) is 122 Å². The van der Waals surface area contributed by atoms with Gasteiger partial charge in [0.05, 0.1) is 18.4 Å². The van der Waals surface area contributed by atoms with Crippen LogP contribution in [0.5, 0.6) is 0 Å².